The maximum Gasteiger partial charge on any atom is 0.180 e. The van der Waals surface area contributed by atoms with Crippen LogP contribution in [0, 0.1) is 0 Å². The Balaban J connectivity index is 1.33. The molecule has 4 heteroatoms. The van der Waals surface area contributed by atoms with Crippen LogP contribution in [0.1, 0.15) is 16.9 Å². The zero-order valence-electron chi connectivity index (χ0n) is 15.3. The van der Waals surface area contributed by atoms with Crippen LogP contribution >= 0.6 is 0 Å². The second-order valence-electron chi connectivity index (χ2n) is 6.98. The van der Waals surface area contributed by atoms with Crippen molar-refractivity contribution in [1.29, 1.82) is 0 Å². The predicted molar refractivity (Wildman–Crippen MR) is 107 cm³/mol. The van der Waals surface area contributed by atoms with Gasteiger partial charge in [-0.1, -0.05) is 36.4 Å². The lowest BCUT2D eigenvalue weighted by Crippen LogP contribution is -2.46. The Hall–Kier alpha value is -2.59. The lowest BCUT2D eigenvalue weighted by atomic mass is 10.1. The molecule has 2 aromatic carbocycles. The zero-order valence-corrected chi connectivity index (χ0v) is 15.3. The highest BCUT2D eigenvalue weighted by Gasteiger charge is 2.19. The molecule has 0 N–H and O–H groups in total. The number of aryl methyl sites for hydroxylation is 1. The van der Waals surface area contributed by atoms with E-state index in [0.29, 0.717) is 6.42 Å². The van der Waals surface area contributed by atoms with E-state index in [1.165, 1.54) is 5.69 Å². The molecule has 0 radical (unpaired) electrons. The van der Waals surface area contributed by atoms with Gasteiger partial charge in [0.1, 0.15) is 0 Å². The third kappa shape index (κ3) is 3.37. The topological polar surface area (TPSA) is 28.5 Å². The van der Waals surface area contributed by atoms with E-state index in [4.69, 9.17) is 0 Å². The fraction of sp³-hybridized carbons (Fsp3) is 0.318. The SMILES string of the molecule is Cn1c(C(=O)CCN2CCN(c3ccccc3)CC2)cc2ccccc21. The normalized spacial score (nSPS) is 15.5. The average Bonchev–Trinajstić information content (AvgIpc) is 3.04. The van der Waals surface area contributed by atoms with E-state index in [1.54, 1.807) is 0 Å². The number of benzene rings is 2. The molecular weight excluding hydrogens is 322 g/mol. The highest BCUT2D eigenvalue weighted by atomic mass is 16.1. The summed E-state index contributed by atoms with van der Waals surface area (Å²) in [5.41, 5.74) is 3.22. The van der Waals surface area contributed by atoms with Crippen molar-refractivity contribution in [2.45, 2.75) is 6.42 Å². The molecule has 0 saturated carbocycles. The standard InChI is InChI=1S/C22H25N3O/c1-23-20-10-6-5-7-18(20)17-21(23)22(26)11-12-24-13-15-25(16-14-24)19-8-3-2-4-9-19/h2-10,17H,11-16H2,1H3. The van der Waals surface area contributed by atoms with Gasteiger partial charge < -0.3 is 9.47 Å². The molecule has 0 unspecified atom stereocenters. The summed E-state index contributed by atoms with van der Waals surface area (Å²) in [6.07, 6.45) is 0.579. The quantitative estimate of drug-likeness (QED) is 0.661. The lowest BCUT2D eigenvalue weighted by Gasteiger charge is -2.36. The maximum absolute atomic E-state index is 12.7. The Morgan fingerprint density at radius 2 is 1.62 bits per heavy atom. The van der Waals surface area contributed by atoms with Crippen molar-refractivity contribution in [2.75, 3.05) is 37.6 Å². The largest absolute Gasteiger partial charge is 0.369 e. The van der Waals surface area contributed by atoms with Crippen molar-refractivity contribution >= 4 is 22.4 Å². The van der Waals surface area contributed by atoms with Gasteiger partial charge >= 0.3 is 0 Å². The van der Waals surface area contributed by atoms with Crippen LogP contribution in [-0.2, 0) is 7.05 Å². The van der Waals surface area contributed by atoms with Gasteiger partial charge in [0.25, 0.3) is 0 Å². The Kier molecular flexibility index (Phi) is 4.76. The van der Waals surface area contributed by atoms with E-state index in [2.05, 4.69) is 52.3 Å². The van der Waals surface area contributed by atoms with E-state index in [0.717, 1.165) is 49.3 Å². The van der Waals surface area contributed by atoms with Gasteiger partial charge in [-0.3, -0.25) is 9.69 Å². The number of Topliss-reactive ketones (excluding diaryl/α,β-unsaturated/α-hetero) is 1. The fourth-order valence-corrected chi connectivity index (χ4v) is 3.81. The molecule has 1 aromatic heterocycles. The Morgan fingerprint density at radius 3 is 2.35 bits per heavy atom. The number of piperazine rings is 1. The van der Waals surface area contributed by atoms with Gasteiger partial charge in [0.05, 0.1) is 5.69 Å². The van der Waals surface area contributed by atoms with E-state index in [9.17, 15) is 4.79 Å². The van der Waals surface area contributed by atoms with Crippen molar-refractivity contribution in [1.82, 2.24) is 9.47 Å². The highest BCUT2D eigenvalue weighted by molar-refractivity contribution is 6.00. The first-order valence-electron chi connectivity index (χ1n) is 9.32. The summed E-state index contributed by atoms with van der Waals surface area (Å²) in [6, 6.07) is 20.7. The summed E-state index contributed by atoms with van der Waals surface area (Å²) >= 11 is 0. The Bertz CT molecular complexity index is 892. The van der Waals surface area contributed by atoms with Crippen molar-refractivity contribution < 1.29 is 4.79 Å². The molecule has 0 spiro atoms. The number of para-hydroxylation sites is 2. The van der Waals surface area contributed by atoms with Crippen molar-refractivity contribution in [3.05, 3.63) is 66.4 Å². The van der Waals surface area contributed by atoms with Gasteiger partial charge in [0, 0.05) is 62.8 Å². The number of nitrogens with zero attached hydrogens (tertiary/aromatic N) is 3. The van der Waals surface area contributed by atoms with Gasteiger partial charge in [-0.2, -0.15) is 0 Å². The minimum absolute atomic E-state index is 0.231. The molecule has 4 nitrogen and oxygen atoms in total. The van der Waals surface area contributed by atoms with E-state index in [1.807, 2.05) is 29.8 Å². The second-order valence-corrected chi connectivity index (χ2v) is 6.98. The zero-order chi connectivity index (χ0) is 17.9. The van der Waals surface area contributed by atoms with E-state index in [-0.39, 0.29) is 5.78 Å². The summed E-state index contributed by atoms with van der Waals surface area (Å²) in [5.74, 6) is 0.231. The number of ketones is 1. The van der Waals surface area contributed by atoms with Crippen LogP contribution in [0.2, 0.25) is 0 Å². The Labute approximate surface area is 154 Å². The van der Waals surface area contributed by atoms with Gasteiger partial charge in [-0.15, -0.1) is 0 Å². The molecule has 1 saturated heterocycles. The van der Waals surface area contributed by atoms with Gasteiger partial charge in [-0.05, 0) is 24.3 Å². The first-order valence-corrected chi connectivity index (χ1v) is 9.32. The number of carbonyl (C=O) groups is 1. The molecule has 134 valence electrons. The predicted octanol–water partition coefficient (Wildman–Crippen LogP) is 3.57. The van der Waals surface area contributed by atoms with Gasteiger partial charge in [-0.25, -0.2) is 0 Å². The molecule has 0 atom stereocenters. The summed E-state index contributed by atoms with van der Waals surface area (Å²) in [6.45, 7) is 4.90. The van der Waals surface area contributed by atoms with Crippen molar-refractivity contribution in [2.24, 2.45) is 7.05 Å². The molecule has 1 aliphatic heterocycles. The number of carbonyl (C=O) groups excluding carboxylic acids is 1. The Morgan fingerprint density at radius 1 is 0.923 bits per heavy atom. The average molecular weight is 347 g/mol. The van der Waals surface area contributed by atoms with Crippen LogP contribution in [0.15, 0.2) is 60.7 Å². The van der Waals surface area contributed by atoms with Gasteiger partial charge in [0.2, 0.25) is 0 Å². The lowest BCUT2D eigenvalue weighted by molar-refractivity contribution is 0.0955. The number of aromatic nitrogens is 1. The number of hydrogen-bond donors (Lipinski definition) is 0. The minimum Gasteiger partial charge on any atom is -0.369 e. The highest BCUT2D eigenvalue weighted by Crippen LogP contribution is 2.20. The molecule has 0 aliphatic carbocycles. The first-order chi connectivity index (χ1) is 12.7. The molecule has 2 heterocycles. The van der Waals surface area contributed by atoms with E-state index >= 15 is 0 Å². The molecular formula is C22H25N3O. The number of hydrogen-bond acceptors (Lipinski definition) is 3. The maximum atomic E-state index is 12.7. The summed E-state index contributed by atoms with van der Waals surface area (Å²) in [7, 11) is 1.98. The van der Waals surface area contributed by atoms with Crippen LogP contribution in [0.5, 0.6) is 0 Å². The molecule has 4 rings (SSSR count). The van der Waals surface area contributed by atoms with Crippen LogP contribution in [0.4, 0.5) is 5.69 Å². The summed E-state index contributed by atoms with van der Waals surface area (Å²) < 4.78 is 2.02. The van der Waals surface area contributed by atoms with Gasteiger partial charge in [0.15, 0.2) is 5.78 Å². The number of anilines is 1. The number of fused-ring (bicyclic) bond motifs is 1. The molecule has 3 aromatic rings. The minimum atomic E-state index is 0.231. The third-order valence-corrected chi connectivity index (χ3v) is 5.39. The summed E-state index contributed by atoms with van der Waals surface area (Å²) in [4.78, 5) is 17.5. The fourth-order valence-electron chi connectivity index (χ4n) is 3.81. The first kappa shape index (κ1) is 16.9. The van der Waals surface area contributed by atoms with Crippen molar-refractivity contribution in [3.8, 4) is 0 Å². The monoisotopic (exact) mass is 347 g/mol. The molecule has 26 heavy (non-hydrogen) atoms. The smallest absolute Gasteiger partial charge is 0.180 e. The molecule has 1 aliphatic rings. The van der Waals surface area contributed by atoms with Crippen LogP contribution < -0.4 is 4.90 Å². The summed E-state index contributed by atoms with van der Waals surface area (Å²) in [5, 5.41) is 1.13. The van der Waals surface area contributed by atoms with Crippen LogP contribution in [0.3, 0.4) is 0 Å². The van der Waals surface area contributed by atoms with E-state index < -0.39 is 0 Å². The van der Waals surface area contributed by atoms with Crippen LogP contribution in [0.25, 0.3) is 10.9 Å². The van der Waals surface area contributed by atoms with Crippen molar-refractivity contribution in [3.63, 3.8) is 0 Å². The van der Waals surface area contributed by atoms with Crippen LogP contribution in [-0.4, -0.2) is 48.0 Å². The molecule has 0 amide bonds. The third-order valence-electron chi connectivity index (χ3n) is 5.39. The molecule has 0 bridgehead atoms. The number of rotatable bonds is 5. The molecule has 1 fully saturated rings. The second kappa shape index (κ2) is 7.34.